The molecule has 0 radical (unpaired) electrons. The summed E-state index contributed by atoms with van der Waals surface area (Å²) in [6.07, 6.45) is 0. The Balaban J connectivity index is 4.64. The van der Waals surface area contributed by atoms with Gasteiger partial charge < -0.3 is 21.7 Å². The highest BCUT2D eigenvalue weighted by molar-refractivity contribution is 8.78. The number of hydrogen-bond acceptors (Lipinski definition) is 6. The highest BCUT2D eigenvalue weighted by Crippen LogP contribution is 2.43. The fourth-order valence-corrected chi connectivity index (χ4v) is 3.02. The first-order valence-corrected chi connectivity index (χ1v) is 6.55. The minimum atomic E-state index is -1.21. The molecule has 8 heteroatoms. The van der Waals surface area contributed by atoms with Crippen molar-refractivity contribution in [3.8, 4) is 0 Å². The lowest BCUT2D eigenvalue weighted by molar-refractivity contribution is -0.121. The van der Waals surface area contributed by atoms with Gasteiger partial charge in [0.2, 0.25) is 11.8 Å². The van der Waals surface area contributed by atoms with Crippen LogP contribution in [0.3, 0.4) is 0 Å². The van der Waals surface area contributed by atoms with E-state index in [4.69, 9.17) is 21.7 Å². The van der Waals surface area contributed by atoms with E-state index < -0.39 is 34.5 Å². The van der Waals surface area contributed by atoms with Crippen LogP contribution in [-0.2, 0) is 9.59 Å². The first-order chi connectivity index (χ1) is 7.22. The quantitative estimate of drug-likeness (QED) is 0.431. The fraction of sp³-hybridized carbons (Fsp3) is 0.750. The van der Waals surface area contributed by atoms with Crippen molar-refractivity contribution in [1.29, 1.82) is 0 Å². The molecule has 0 aromatic heterocycles. The van der Waals surface area contributed by atoms with Crippen LogP contribution in [0, 0.1) is 0 Å². The molecule has 6 nitrogen and oxygen atoms in total. The van der Waals surface area contributed by atoms with E-state index in [-0.39, 0.29) is 0 Å². The Hall–Kier alpha value is -0.440. The zero-order chi connectivity index (χ0) is 13.0. The number of nitrogens with two attached hydrogens (primary N) is 2. The highest BCUT2D eigenvalue weighted by atomic mass is 33.1. The summed E-state index contributed by atoms with van der Waals surface area (Å²) < 4.78 is -2.42. The standard InChI is InChI=1S/C8H16N2O4S2/c1-7(3-11,5(9)13)15-16-8(2,4-12)6(10)14/h11-12H,3-4H2,1-2H3,(H2,9,13)(H2,10,14). The van der Waals surface area contributed by atoms with Crippen molar-refractivity contribution in [2.45, 2.75) is 23.3 Å². The lowest BCUT2D eigenvalue weighted by Crippen LogP contribution is -2.44. The number of aliphatic hydroxyl groups is 2. The average Bonchev–Trinajstić information content (AvgIpc) is 2.24. The van der Waals surface area contributed by atoms with Gasteiger partial charge in [0, 0.05) is 0 Å². The third-order valence-corrected chi connectivity index (χ3v) is 5.99. The van der Waals surface area contributed by atoms with Crippen molar-refractivity contribution in [2.24, 2.45) is 11.5 Å². The summed E-state index contributed by atoms with van der Waals surface area (Å²) in [6.45, 7) is 1.98. The molecule has 0 aliphatic carbocycles. The third-order valence-electron chi connectivity index (χ3n) is 2.06. The van der Waals surface area contributed by atoms with Gasteiger partial charge in [0.05, 0.1) is 13.2 Å². The van der Waals surface area contributed by atoms with Crippen molar-refractivity contribution in [2.75, 3.05) is 13.2 Å². The van der Waals surface area contributed by atoms with Crippen LogP contribution in [0.5, 0.6) is 0 Å². The van der Waals surface area contributed by atoms with Crippen LogP contribution in [-0.4, -0.2) is 44.7 Å². The van der Waals surface area contributed by atoms with Crippen molar-refractivity contribution in [1.82, 2.24) is 0 Å². The maximum atomic E-state index is 11.1. The Morgan fingerprint density at radius 2 is 1.25 bits per heavy atom. The molecular weight excluding hydrogens is 252 g/mol. The average molecular weight is 268 g/mol. The largest absolute Gasteiger partial charge is 0.394 e. The molecule has 0 heterocycles. The first-order valence-electron chi connectivity index (χ1n) is 4.40. The molecule has 0 aliphatic rings. The monoisotopic (exact) mass is 268 g/mol. The van der Waals surface area contributed by atoms with Gasteiger partial charge in [0.25, 0.3) is 0 Å². The van der Waals surface area contributed by atoms with Gasteiger partial charge >= 0.3 is 0 Å². The molecule has 94 valence electrons. The number of carbonyl (C=O) groups is 2. The predicted octanol–water partition coefficient (Wildman–Crippen LogP) is -1.16. The van der Waals surface area contributed by atoms with Gasteiger partial charge in [-0.3, -0.25) is 9.59 Å². The van der Waals surface area contributed by atoms with Crippen molar-refractivity contribution >= 4 is 33.4 Å². The molecule has 16 heavy (non-hydrogen) atoms. The van der Waals surface area contributed by atoms with Crippen LogP contribution >= 0.6 is 21.6 Å². The molecule has 0 aromatic carbocycles. The van der Waals surface area contributed by atoms with Crippen molar-refractivity contribution in [3.05, 3.63) is 0 Å². The van der Waals surface area contributed by atoms with Crippen molar-refractivity contribution < 1.29 is 19.8 Å². The lowest BCUT2D eigenvalue weighted by Gasteiger charge is -2.28. The van der Waals surface area contributed by atoms with E-state index in [1.807, 2.05) is 0 Å². The molecule has 2 unspecified atom stereocenters. The highest BCUT2D eigenvalue weighted by Gasteiger charge is 2.38. The van der Waals surface area contributed by atoms with Crippen LogP contribution in [0.2, 0.25) is 0 Å². The second-order valence-corrected chi connectivity index (χ2v) is 6.81. The number of primary amides is 2. The maximum Gasteiger partial charge on any atom is 0.236 e. The summed E-state index contributed by atoms with van der Waals surface area (Å²) in [6, 6.07) is 0. The summed E-state index contributed by atoms with van der Waals surface area (Å²) in [5.41, 5.74) is 10.2. The minimum absolute atomic E-state index is 0.458. The number of aliphatic hydroxyl groups excluding tert-OH is 2. The Morgan fingerprint density at radius 3 is 1.38 bits per heavy atom. The molecule has 0 aromatic rings. The van der Waals surface area contributed by atoms with E-state index in [9.17, 15) is 9.59 Å². The van der Waals surface area contributed by atoms with E-state index in [1.54, 1.807) is 0 Å². The first kappa shape index (κ1) is 15.6. The molecule has 0 saturated heterocycles. The smallest absolute Gasteiger partial charge is 0.236 e. The van der Waals surface area contributed by atoms with Gasteiger partial charge in [-0.2, -0.15) is 0 Å². The molecule has 0 aliphatic heterocycles. The Kier molecular flexibility index (Phi) is 5.60. The third kappa shape index (κ3) is 3.55. The zero-order valence-electron chi connectivity index (χ0n) is 9.10. The maximum absolute atomic E-state index is 11.1. The second-order valence-electron chi connectivity index (χ2n) is 3.67. The van der Waals surface area contributed by atoms with Gasteiger partial charge in [-0.1, -0.05) is 21.6 Å². The normalized spacial score (nSPS) is 18.5. The molecule has 0 saturated carbocycles. The van der Waals surface area contributed by atoms with Gasteiger partial charge in [0.15, 0.2) is 0 Å². The Morgan fingerprint density at radius 1 is 1.00 bits per heavy atom. The molecule has 0 fully saturated rings. The minimum Gasteiger partial charge on any atom is -0.394 e. The molecule has 0 rings (SSSR count). The number of rotatable bonds is 7. The molecular formula is C8H16N2O4S2. The van der Waals surface area contributed by atoms with Crippen LogP contribution in [0.4, 0.5) is 0 Å². The number of carbonyl (C=O) groups excluding carboxylic acids is 2. The van der Waals surface area contributed by atoms with Crippen molar-refractivity contribution in [3.63, 3.8) is 0 Å². The SMILES string of the molecule is CC(CO)(SSC(C)(CO)C(N)=O)C(N)=O. The Bertz CT molecular complexity index is 261. The predicted molar refractivity (Wildman–Crippen MR) is 64.6 cm³/mol. The van der Waals surface area contributed by atoms with Gasteiger partial charge in [-0.15, -0.1) is 0 Å². The van der Waals surface area contributed by atoms with Crippen LogP contribution in [0.1, 0.15) is 13.8 Å². The summed E-state index contributed by atoms with van der Waals surface area (Å²) in [7, 11) is 1.85. The van der Waals surface area contributed by atoms with E-state index in [2.05, 4.69) is 0 Å². The van der Waals surface area contributed by atoms with Gasteiger partial charge in [-0.25, -0.2) is 0 Å². The molecule has 6 N–H and O–H groups in total. The summed E-state index contributed by atoms with van der Waals surface area (Å²) in [4.78, 5) is 22.2. The summed E-state index contributed by atoms with van der Waals surface area (Å²) >= 11 is 0. The summed E-state index contributed by atoms with van der Waals surface area (Å²) in [5.74, 6) is -1.39. The molecule has 0 bridgehead atoms. The van der Waals surface area contributed by atoms with Gasteiger partial charge in [0.1, 0.15) is 9.49 Å². The van der Waals surface area contributed by atoms with E-state index in [0.29, 0.717) is 0 Å². The summed E-state index contributed by atoms with van der Waals surface area (Å²) in [5, 5.41) is 18.1. The number of amides is 2. The fourth-order valence-electron chi connectivity index (χ4n) is 0.475. The van der Waals surface area contributed by atoms with Crippen LogP contribution in [0.15, 0.2) is 0 Å². The van der Waals surface area contributed by atoms with Gasteiger partial charge in [-0.05, 0) is 13.8 Å². The van der Waals surface area contributed by atoms with E-state index in [1.165, 1.54) is 13.8 Å². The van der Waals surface area contributed by atoms with Crippen LogP contribution < -0.4 is 11.5 Å². The molecule has 2 amide bonds. The zero-order valence-corrected chi connectivity index (χ0v) is 10.7. The molecule has 2 atom stereocenters. The lowest BCUT2D eigenvalue weighted by atomic mass is 10.2. The topological polar surface area (TPSA) is 127 Å². The van der Waals surface area contributed by atoms with Crippen LogP contribution in [0.25, 0.3) is 0 Å². The van der Waals surface area contributed by atoms with E-state index >= 15 is 0 Å². The van der Waals surface area contributed by atoms with E-state index in [0.717, 1.165) is 21.6 Å². The second kappa shape index (κ2) is 5.76. The number of hydrogen-bond donors (Lipinski definition) is 4. The Labute approximate surface area is 102 Å². The molecule has 0 spiro atoms.